The number of amides is 1. The number of hydrogen-bond acceptors (Lipinski definition) is 6. The first-order valence-corrected chi connectivity index (χ1v) is 15.0. The van der Waals surface area contributed by atoms with Gasteiger partial charge in [-0.05, 0) is 65.3 Å². The molecule has 1 aliphatic rings. The molecule has 0 radical (unpaired) electrons. The molecule has 7 nitrogen and oxygen atoms in total. The SMILES string of the molecule is BC(B)C(B)C(B)(B)c1cc(C(=O)O)ccc1OC(C(=O)NSc1ccc(C(B)(C)C)cc1)c1ccc2c(c1)OCO2. The van der Waals surface area contributed by atoms with Crippen LogP contribution in [0.2, 0.25) is 11.5 Å². The summed E-state index contributed by atoms with van der Waals surface area (Å²) < 4.78 is 20.6. The van der Waals surface area contributed by atoms with Gasteiger partial charge in [-0.2, -0.15) is 0 Å². The lowest BCUT2D eigenvalue weighted by atomic mass is 9.35. The molecule has 14 heteroatoms. The molecule has 2 atom stereocenters. The molecule has 2 unspecified atom stereocenters. The van der Waals surface area contributed by atoms with Gasteiger partial charge < -0.3 is 19.3 Å². The summed E-state index contributed by atoms with van der Waals surface area (Å²) in [6, 6.07) is 18.2. The van der Waals surface area contributed by atoms with Crippen molar-refractivity contribution >= 4 is 70.9 Å². The Labute approximate surface area is 257 Å². The zero-order chi connectivity index (χ0) is 30.8. The maximum absolute atomic E-state index is 13.8. The van der Waals surface area contributed by atoms with Crippen LogP contribution in [0.4, 0.5) is 0 Å². The minimum absolute atomic E-state index is 0.0273. The van der Waals surface area contributed by atoms with Gasteiger partial charge in [-0.1, -0.05) is 48.6 Å². The third-order valence-corrected chi connectivity index (χ3v) is 9.04. The number of hydrogen-bond donors (Lipinski definition) is 2. The van der Waals surface area contributed by atoms with Gasteiger partial charge >= 0.3 is 5.97 Å². The van der Waals surface area contributed by atoms with Crippen molar-refractivity contribution in [3.63, 3.8) is 0 Å². The molecular weight excluding hydrogens is 543 g/mol. The van der Waals surface area contributed by atoms with Crippen molar-refractivity contribution in [3.8, 4) is 17.2 Å². The summed E-state index contributed by atoms with van der Waals surface area (Å²) in [4.78, 5) is 26.6. The molecule has 212 valence electrons. The molecule has 0 bridgehead atoms. The smallest absolute Gasteiger partial charge is 0.335 e. The van der Waals surface area contributed by atoms with Crippen LogP contribution in [0.15, 0.2) is 65.6 Å². The highest BCUT2D eigenvalue weighted by atomic mass is 32.2. The highest BCUT2D eigenvalue weighted by molar-refractivity contribution is 7.98. The molecule has 0 aromatic heterocycles. The fraction of sp³-hybridized carbons (Fsp3) is 0.286. The summed E-state index contributed by atoms with van der Waals surface area (Å²) in [5.41, 5.74) is 3.02. The lowest BCUT2D eigenvalue weighted by Gasteiger charge is -2.37. The summed E-state index contributed by atoms with van der Waals surface area (Å²) in [5.74, 6) is 0.402. The van der Waals surface area contributed by atoms with E-state index in [4.69, 9.17) is 14.2 Å². The van der Waals surface area contributed by atoms with E-state index >= 15 is 0 Å². The second-order valence-corrected chi connectivity index (χ2v) is 13.6. The van der Waals surface area contributed by atoms with E-state index in [-0.39, 0.29) is 29.4 Å². The molecule has 0 saturated heterocycles. The number of aromatic carboxylic acids is 1. The first-order valence-electron chi connectivity index (χ1n) is 14.2. The molecule has 0 aliphatic carbocycles. The summed E-state index contributed by atoms with van der Waals surface area (Å²) in [5, 5.41) is 9.34. The third-order valence-electron chi connectivity index (χ3n) is 8.23. The standard InChI is InChI=1S/C28H35B6NO6S/c1-27(2,32)16-5-7-17(8-6-16)42-35-25(36)22(14-3-10-20-21(12-14)40-13-39-20)41-19-9-4-15(26(37)38)11-18(19)28(33,34)23(29)24(30)31/h3-12,22-24H,13,29-34H2,1-2H3,(H,35,36)(H,37,38). The van der Waals surface area contributed by atoms with Gasteiger partial charge in [0.25, 0.3) is 5.91 Å². The molecule has 1 amide bonds. The zero-order valence-electron chi connectivity index (χ0n) is 25.6. The van der Waals surface area contributed by atoms with Gasteiger partial charge in [0.2, 0.25) is 12.9 Å². The Morgan fingerprint density at radius 2 is 1.62 bits per heavy atom. The predicted molar refractivity (Wildman–Crippen MR) is 183 cm³/mol. The zero-order valence-corrected chi connectivity index (χ0v) is 26.4. The number of benzene rings is 3. The number of carboxylic acids is 1. The van der Waals surface area contributed by atoms with Crippen LogP contribution >= 0.6 is 11.9 Å². The number of rotatable bonds is 11. The Kier molecular flexibility index (Phi) is 9.45. The quantitative estimate of drug-likeness (QED) is 0.240. The second-order valence-electron chi connectivity index (χ2n) is 12.7. The molecule has 1 aliphatic heterocycles. The Bertz CT molecular complexity index is 1460. The van der Waals surface area contributed by atoms with Crippen LogP contribution in [-0.2, 0) is 15.3 Å². The van der Waals surface area contributed by atoms with Crippen molar-refractivity contribution in [1.29, 1.82) is 0 Å². The molecule has 3 aromatic carbocycles. The van der Waals surface area contributed by atoms with Crippen molar-refractivity contribution in [2.45, 2.75) is 46.9 Å². The maximum atomic E-state index is 13.8. The van der Waals surface area contributed by atoms with Crippen molar-refractivity contribution in [2.75, 3.05) is 6.79 Å². The molecule has 2 N–H and O–H groups in total. The maximum Gasteiger partial charge on any atom is 0.335 e. The van der Waals surface area contributed by atoms with Gasteiger partial charge in [-0.25, -0.2) is 4.79 Å². The summed E-state index contributed by atoms with van der Waals surface area (Å²) in [6.45, 7) is 4.42. The largest absolute Gasteiger partial charge is 0.478 e. The van der Waals surface area contributed by atoms with Crippen molar-refractivity contribution in [2.24, 2.45) is 0 Å². The van der Waals surface area contributed by atoms with Gasteiger partial charge in [0.1, 0.15) is 37.1 Å². The molecule has 42 heavy (non-hydrogen) atoms. The van der Waals surface area contributed by atoms with Crippen molar-refractivity contribution in [3.05, 3.63) is 82.9 Å². The van der Waals surface area contributed by atoms with Crippen molar-refractivity contribution < 1.29 is 28.9 Å². The highest BCUT2D eigenvalue weighted by Gasteiger charge is 2.35. The van der Waals surface area contributed by atoms with Crippen LogP contribution < -0.4 is 18.9 Å². The van der Waals surface area contributed by atoms with Gasteiger partial charge in [0.15, 0.2) is 11.5 Å². The fourth-order valence-corrected chi connectivity index (χ4v) is 5.61. The van der Waals surface area contributed by atoms with Crippen LogP contribution in [0.3, 0.4) is 0 Å². The predicted octanol–water partition coefficient (Wildman–Crippen LogP) is -0.222. The Morgan fingerprint density at radius 3 is 2.24 bits per heavy atom. The van der Waals surface area contributed by atoms with Gasteiger partial charge in [0, 0.05) is 10.5 Å². The van der Waals surface area contributed by atoms with Crippen LogP contribution in [0.25, 0.3) is 0 Å². The highest BCUT2D eigenvalue weighted by Crippen LogP contribution is 2.42. The Balaban J connectivity index is 1.69. The molecule has 3 aromatic rings. The first-order chi connectivity index (χ1) is 19.7. The van der Waals surface area contributed by atoms with Crippen molar-refractivity contribution in [1.82, 2.24) is 4.72 Å². The molecule has 4 rings (SSSR count). The van der Waals surface area contributed by atoms with E-state index in [9.17, 15) is 14.7 Å². The number of carbonyl (C=O) groups excluding carboxylic acids is 1. The number of ether oxygens (including phenoxy) is 3. The molecule has 0 saturated carbocycles. The minimum Gasteiger partial charge on any atom is -0.478 e. The minimum atomic E-state index is -1.04. The lowest BCUT2D eigenvalue weighted by molar-refractivity contribution is -0.126. The Morgan fingerprint density at radius 1 is 0.952 bits per heavy atom. The van der Waals surface area contributed by atoms with Gasteiger partial charge in [0.05, 0.1) is 21.3 Å². The van der Waals surface area contributed by atoms with Crippen LogP contribution in [0.1, 0.15) is 47.0 Å². The van der Waals surface area contributed by atoms with Gasteiger partial charge in [-0.3, -0.25) is 9.52 Å². The van der Waals surface area contributed by atoms with E-state index in [1.807, 2.05) is 12.1 Å². The van der Waals surface area contributed by atoms with E-state index in [0.717, 1.165) is 10.5 Å². The van der Waals surface area contributed by atoms with E-state index in [1.54, 1.807) is 30.3 Å². The third kappa shape index (κ3) is 7.02. The van der Waals surface area contributed by atoms with E-state index in [2.05, 4.69) is 77.8 Å². The van der Waals surface area contributed by atoms with Crippen LogP contribution in [-0.4, -0.2) is 70.9 Å². The number of carboxylic acid groups (broad SMARTS) is 1. The number of carbonyl (C=O) groups is 2. The first kappa shape index (κ1) is 31.7. The second kappa shape index (κ2) is 12.5. The van der Waals surface area contributed by atoms with Gasteiger partial charge in [-0.15, -0.1) is 5.72 Å². The van der Waals surface area contributed by atoms with E-state index < -0.39 is 17.3 Å². The summed E-state index contributed by atoms with van der Waals surface area (Å²) in [7, 11) is 12.7. The van der Waals surface area contributed by atoms with E-state index in [1.165, 1.54) is 23.6 Å². The molecule has 0 spiro atoms. The number of fused-ring (bicyclic) bond motifs is 1. The molecule has 0 fully saturated rings. The fourth-order valence-electron chi connectivity index (χ4n) is 5.01. The summed E-state index contributed by atoms with van der Waals surface area (Å²) >= 11 is 1.22. The average Bonchev–Trinajstić information content (AvgIpc) is 3.41. The molecular formula is C28H35B6NO6S. The topological polar surface area (TPSA) is 94.1 Å². The normalized spacial score (nSPS) is 14.3. The van der Waals surface area contributed by atoms with Crippen LogP contribution in [0.5, 0.6) is 17.2 Å². The van der Waals surface area contributed by atoms with E-state index in [0.29, 0.717) is 28.5 Å². The summed E-state index contributed by atoms with van der Waals surface area (Å²) in [6.07, 6.45) is -1.04. The van der Waals surface area contributed by atoms with Crippen LogP contribution in [0, 0.1) is 0 Å². The number of nitrogens with one attached hydrogen (secondary N) is 1. The average molecular weight is 579 g/mol. The Hall–Kier alpha value is -3.26. The lowest BCUT2D eigenvalue weighted by Crippen LogP contribution is -2.37. The molecule has 1 heterocycles. The monoisotopic (exact) mass is 579 g/mol.